The standard InChI is InChI=1S/C18H21NO2/c1-14-5-4-6-15(11-14)12-19(2)13-18(20)16-7-9-17(21-3)10-8-16/h4-11H,12-13H2,1-3H3. The lowest BCUT2D eigenvalue weighted by Gasteiger charge is -2.16. The van der Waals surface area contributed by atoms with Crippen LogP contribution in [0.3, 0.4) is 0 Å². The first-order valence-corrected chi connectivity index (χ1v) is 7.00. The molecule has 0 radical (unpaired) electrons. The molecular weight excluding hydrogens is 262 g/mol. The van der Waals surface area contributed by atoms with Crippen molar-refractivity contribution in [1.29, 1.82) is 0 Å². The van der Waals surface area contributed by atoms with Crippen molar-refractivity contribution >= 4 is 5.78 Å². The number of Topliss-reactive ketones (excluding diaryl/α,β-unsaturated/α-hetero) is 1. The molecule has 0 atom stereocenters. The number of likely N-dealkylation sites (N-methyl/N-ethyl adjacent to an activating group) is 1. The Morgan fingerprint density at radius 1 is 1.14 bits per heavy atom. The molecule has 2 aromatic carbocycles. The third-order valence-electron chi connectivity index (χ3n) is 3.36. The molecule has 0 bridgehead atoms. The zero-order valence-corrected chi connectivity index (χ0v) is 12.8. The molecule has 110 valence electrons. The summed E-state index contributed by atoms with van der Waals surface area (Å²) in [5, 5.41) is 0. The molecule has 3 heteroatoms. The number of hydrogen-bond donors (Lipinski definition) is 0. The number of nitrogens with zero attached hydrogens (tertiary/aromatic N) is 1. The third-order valence-corrected chi connectivity index (χ3v) is 3.36. The average molecular weight is 283 g/mol. The zero-order valence-electron chi connectivity index (χ0n) is 12.8. The molecule has 0 saturated heterocycles. The number of benzene rings is 2. The lowest BCUT2D eigenvalue weighted by Crippen LogP contribution is -2.25. The summed E-state index contributed by atoms with van der Waals surface area (Å²) in [6.45, 7) is 3.25. The van der Waals surface area contributed by atoms with Gasteiger partial charge in [0, 0.05) is 12.1 Å². The van der Waals surface area contributed by atoms with Crippen LogP contribution in [0.25, 0.3) is 0 Å². The number of hydrogen-bond acceptors (Lipinski definition) is 3. The van der Waals surface area contributed by atoms with Gasteiger partial charge in [-0.2, -0.15) is 0 Å². The molecule has 0 N–H and O–H groups in total. The monoisotopic (exact) mass is 283 g/mol. The highest BCUT2D eigenvalue weighted by atomic mass is 16.5. The number of methoxy groups -OCH3 is 1. The molecule has 0 unspecified atom stereocenters. The van der Waals surface area contributed by atoms with Crippen molar-refractivity contribution in [3.8, 4) is 5.75 Å². The topological polar surface area (TPSA) is 29.5 Å². The lowest BCUT2D eigenvalue weighted by atomic mass is 10.1. The minimum atomic E-state index is 0.118. The van der Waals surface area contributed by atoms with Gasteiger partial charge >= 0.3 is 0 Å². The molecule has 0 aliphatic rings. The van der Waals surface area contributed by atoms with E-state index in [0.717, 1.165) is 12.3 Å². The number of ketones is 1. The Hall–Kier alpha value is -2.13. The molecule has 3 nitrogen and oxygen atoms in total. The largest absolute Gasteiger partial charge is 0.497 e. The molecule has 0 aromatic heterocycles. The van der Waals surface area contributed by atoms with Gasteiger partial charge in [0.25, 0.3) is 0 Å². The molecule has 2 rings (SSSR count). The fourth-order valence-corrected chi connectivity index (χ4v) is 2.29. The molecule has 0 aliphatic carbocycles. The number of rotatable bonds is 6. The molecule has 2 aromatic rings. The summed E-state index contributed by atoms with van der Waals surface area (Å²) in [5.74, 6) is 0.882. The van der Waals surface area contributed by atoms with Gasteiger partial charge in [-0.3, -0.25) is 9.69 Å². The first-order chi connectivity index (χ1) is 10.1. The van der Waals surface area contributed by atoms with E-state index in [1.54, 1.807) is 7.11 Å². The number of carbonyl (C=O) groups is 1. The maximum atomic E-state index is 12.2. The summed E-state index contributed by atoms with van der Waals surface area (Å²) in [4.78, 5) is 14.3. The lowest BCUT2D eigenvalue weighted by molar-refractivity contribution is 0.0943. The van der Waals surface area contributed by atoms with Gasteiger partial charge in [0.15, 0.2) is 5.78 Å². The quantitative estimate of drug-likeness (QED) is 0.762. The van der Waals surface area contributed by atoms with Crippen LogP contribution in [0.2, 0.25) is 0 Å². The molecule has 0 saturated carbocycles. The smallest absolute Gasteiger partial charge is 0.176 e. The summed E-state index contributed by atoms with van der Waals surface area (Å²) in [6.07, 6.45) is 0. The fraction of sp³-hybridized carbons (Fsp3) is 0.278. The van der Waals surface area contributed by atoms with Crippen LogP contribution in [0, 0.1) is 6.92 Å². The average Bonchev–Trinajstić information content (AvgIpc) is 2.47. The van der Waals surface area contributed by atoms with Gasteiger partial charge in [0.1, 0.15) is 5.75 Å². The van der Waals surface area contributed by atoms with Crippen LogP contribution in [-0.2, 0) is 6.54 Å². The number of carbonyl (C=O) groups excluding carboxylic acids is 1. The predicted molar refractivity (Wildman–Crippen MR) is 84.8 cm³/mol. The van der Waals surface area contributed by atoms with Crippen LogP contribution < -0.4 is 4.74 Å². The van der Waals surface area contributed by atoms with Crippen molar-refractivity contribution in [2.24, 2.45) is 0 Å². The highest BCUT2D eigenvalue weighted by Crippen LogP contribution is 2.13. The Balaban J connectivity index is 1.95. The van der Waals surface area contributed by atoms with Gasteiger partial charge in [0.2, 0.25) is 0 Å². The van der Waals surface area contributed by atoms with E-state index in [9.17, 15) is 4.79 Å². The van der Waals surface area contributed by atoms with Gasteiger partial charge in [-0.25, -0.2) is 0 Å². The van der Waals surface area contributed by atoms with E-state index in [0.29, 0.717) is 12.1 Å². The minimum Gasteiger partial charge on any atom is -0.497 e. The summed E-state index contributed by atoms with van der Waals surface area (Å²) in [5.41, 5.74) is 3.18. The summed E-state index contributed by atoms with van der Waals surface area (Å²) in [7, 11) is 3.58. The molecule has 0 fully saturated rings. The maximum absolute atomic E-state index is 12.2. The highest BCUT2D eigenvalue weighted by molar-refractivity contribution is 5.97. The second-order valence-electron chi connectivity index (χ2n) is 5.31. The van der Waals surface area contributed by atoms with Gasteiger partial charge in [-0.15, -0.1) is 0 Å². The first kappa shape index (κ1) is 15.3. The van der Waals surface area contributed by atoms with Crippen molar-refractivity contribution in [1.82, 2.24) is 4.90 Å². The number of aryl methyl sites for hydroxylation is 1. The predicted octanol–water partition coefficient (Wildman–Crippen LogP) is 3.32. The van der Waals surface area contributed by atoms with Crippen LogP contribution in [0.4, 0.5) is 0 Å². The van der Waals surface area contributed by atoms with Gasteiger partial charge in [-0.05, 0) is 43.8 Å². The Labute approximate surface area is 126 Å². The van der Waals surface area contributed by atoms with Crippen molar-refractivity contribution < 1.29 is 9.53 Å². The summed E-state index contributed by atoms with van der Waals surface area (Å²) >= 11 is 0. The molecular formula is C18H21NO2. The van der Waals surface area contributed by atoms with E-state index in [1.807, 2.05) is 42.3 Å². The Morgan fingerprint density at radius 2 is 1.86 bits per heavy atom. The van der Waals surface area contributed by atoms with Gasteiger partial charge < -0.3 is 4.74 Å². The zero-order chi connectivity index (χ0) is 15.2. The molecule has 0 spiro atoms. The Bertz CT molecular complexity index is 605. The minimum absolute atomic E-state index is 0.118. The normalized spacial score (nSPS) is 10.7. The number of ether oxygens (including phenoxy) is 1. The van der Waals surface area contributed by atoms with E-state index >= 15 is 0 Å². The van der Waals surface area contributed by atoms with Crippen molar-refractivity contribution in [3.05, 3.63) is 65.2 Å². The Morgan fingerprint density at radius 3 is 2.48 bits per heavy atom. The van der Waals surface area contributed by atoms with Crippen molar-refractivity contribution in [2.45, 2.75) is 13.5 Å². The second kappa shape index (κ2) is 7.04. The van der Waals surface area contributed by atoms with Gasteiger partial charge in [0.05, 0.1) is 13.7 Å². The summed E-state index contributed by atoms with van der Waals surface area (Å²) in [6, 6.07) is 15.6. The van der Waals surface area contributed by atoms with E-state index in [-0.39, 0.29) is 5.78 Å². The van der Waals surface area contributed by atoms with E-state index in [1.165, 1.54) is 11.1 Å². The molecule has 21 heavy (non-hydrogen) atoms. The second-order valence-corrected chi connectivity index (χ2v) is 5.31. The molecule has 0 aliphatic heterocycles. The van der Waals surface area contributed by atoms with E-state index in [4.69, 9.17) is 4.74 Å². The van der Waals surface area contributed by atoms with Gasteiger partial charge in [-0.1, -0.05) is 29.8 Å². The van der Waals surface area contributed by atoms with Crippen molar-refractivity contribution in [2.75, 3.05) is 20.7 Å². The van der Waals surface area contributed by atoms with Crippen LogP contribution in [0.5, 0.6) is 5.75 Å². The highest BCUT2D eigenvalue weighted by Gasteiger charge is 2.10. The summed E-state index contributed by atoms with van der Waals surface area (Å²) < 4.78 is 5.10. The maximum Gasteiger partial charge on any atom is 0.176 e. The van der Waals surface area contributed by atoms with E-state index < -0.39 is 0 Å². The van der Waals surface area contributed by atoms with Crippen LogP contribution in [0.1, 0.15) is 21.5 Å². The van der Waals surface area contributed by atoms with Crippen molar-refractivity contribution in [3.63, 3.8) is 0 Å². The molecule has 0 heterocycles. The Kier molecular flexibility index (Phi) is 5.12. The first-order valence-electron chi connectivity index (χ1n) is 7.00. The molecule has 0 amide bonds. The third kappa shape index (κ3) is 4.43. The van der Waals surface area contributed by atoms with Crippen LogP contribution >= 0.6 is 0 Å². The van der Waals surface area contributed by atoms with E-state index in [2.05, 4.69) is 25.1 Å². The SMILES string of the molecule is COc1ccc(C(=O)CN(C)Cc2cccc(C)c2)cc1. The van der Waals surface area contributed by atoms with Crippen LogP contribution in [-0.4, -0.2) is 31.4 Å². The van der Waals surface area contributed by atoms with Crippen LogP contribution in [0.15, 0.2) is 48.5 Å². The fourth-order valence-electron chi connectivity index (χ4n) is 2.29.